The number of carbonyl (C=O) groups is 1. The molecule has 0 bridgehead atoms. The second kappa shape index (κ2) is 5.95. The van der Waals surface area contributed by atoms with Crippen molar-refractivity contribution >= 4 is 34.9 Å². The van der Waals surface area contributed by atoms with E-state index in [0.717, 1.165) is 16.5 Å². The average molecular weight is 310 g/mol. The lowest BCUT2D eigenvalue weighted by molar-refractivity contribution is -0.255. The third kappa shape index (κ3) is 2.96. The number of nitrogens with zero attached hydrogens (tertiary/aromatic N) is 1. The first-order chi connectivity index (χ1) is 10.6. The Bertz CT molecular complexity index is 888. The number of carbonyl (C=O) groups excluding carboxylic acids is 1. The minimum absolute atomic E-state index is 0.162. The van der Waals surface area contributed by atoms with E-state index in [0.29, 0.717) is 17.1 Å². The van der Waals surface area contributed by atoms with E-state index in [-0.39, 0.29) is 5.56 Å². The fourth-order valence-corrected chi connectivity index (χ4v) is 2.38. The number of hydrogen-bond acceptors (Lipinski definition) is 5. The van der Waals surface area contributed by atoms with Crippen molar-refractivity contribution in [3.63, 3.8) is 0 Å². The Morgan fingerprint density at radius 2 is 1.91 bits per heavy atom. The summed E-state index contributed by atoms with van der Waals surface area (Å²) in [7, 11) is 0. The van der Waals surface area contributed by atoms with Crippen LogP contribution in [0.3, 0.4) is 0 Å². The number of carboxylic acid groups (broad SMARTS) is 1. The molecule has 2 aromatic carbocycles. The zero-order valence-electron chi connectivity index (χ0n) is 11.5. The fourth-order valence-electron chi connectivity index (χ4n) is 2.18. The summed E-state index contributed by atoms with van der Waals surface area (Å²) in [6, 6.07) is 14.3. The molecule has 0 aliphatic heterocycles. The van der Waals surface area contributed by atoms with Crippen molar-refractivity contribution < 1.29 is 9.90 Å². The number of fused-ring (bicyclic) bond motifs is 1. The molecule has 3 rings (SSSR count). The summed E-state index contributed by atoms with van der Waals surface area (Å²) in [5, 5.41) is 14.9. The van der Waals surface area contributed by atoms with Gasteiger partial charge in [0.2, 0.25) is 0 Å². The van der Waals surface area contributed by atoms with Crippen molar-refractivity contribution in [3.05, 3.63) is 64.4 Å². The van der Waals surface area contributed by atoms with E-state index in [4.69, 9.17) is 12.2 Å². The van der Waals surface area contributed by atoms with Crippen LogP contribution in [0.15, 0.2) is 48.5 Å². The van der Waals surface area contributed by atoms with Crippen molar-refractivity contribution in [2.45, 2.75) is 6.54 Å². The molecule has 0 fully saturated rings. The molecule has 0 unspecified atom stereocenters. The highest BCUT2D eigenvalue weighted by molar-refractivity contribution is 7.71. The maximum atomic E-state index is 10.7. The number of aromatic nitrogens is 2. The molecule has 0 spiro atoms. The number of nitrogens with one attached hydrogen (secondary N) is 2. The van der Waals surface area contributed by atoms with Crippen LogP contribution in [0.4, 0.5) is 5.82 Å². The van der Waals surface area contributed by atoms with Crippen molar-refractivity contribution in [1.82, 2.24) is 9.97 Å². The van der Waals surface area contributed by atoms with Crippen LogP contribution in [0.1, 0.15) is 15.9 Å². The number of aromatic carboxylic acids is 1. The second-order valence-electron chi connectivity index (χ2n) is 4.77. The largest absolute Gasteiger partial charge is 0.545 e. The molecule has 1 aromatic heterocycles. The Hall–Kier alpha value is -2.73. The number of carboxylic acids is 1. The predicted octanol–water partition coefficient (Wildman–Crippen LogP) is 2.27. The van der Waals surface area contributed by atoms with Crippen molar-refractivity contribution in [2.75, 3.05) is 5.32 Å². The van der Waals surface area contributed by atoms with Crippen LogP contribution in [0.2, 0.25) is 0 Å². The molecule has 110 valence electrons. The maximum Gasteiger partial charge on any atom is 0.199 e. The summed E-state index contributed by atoms with van der Waals surface area (Å²) in [6.07, 6.45) is 0. The highest BCUT2D eigenvalue weighted by Crippen LogP contribution is 2.19. The SMILES string of the molecule is O=C([O-])c1ccc(CNc2nc(=S)[nH]c3ccccc23)cc1. The lowest BCUT2D eigenvalue weighted by atomic mass is 10.1. The molecule has 0 aliphatic rings. The van der Waals surface area contributed by atoms with Gasteiger partial charge in [-0.15, -0.1) is 0 Å². The van der Waals surface area contributed by atoms with Gasteiger partial charge in [-0.25, -0.2) is 4.98 Å². The predicted molar refractivity (Wildman–Crippen MR) is 85.0 cm³/mol. The van der Waals surface area contributed by atoms with Gasteiger partial charge in [0.1, 0.15) is 5.82 Å². The van der Waals surface area contributed by atoms with Crippen LogP contribution in [0.5, 0.6) is 0 Å². The highest BCUT2D eigenvalue weighted by Gasteiger charge is 2.03. The van der Waals surface area contributed by atoms with Gasteiger partial charge in [0.05, 0.1) is 11.5 Å². The number of para-hydroxylation sites is 1. The van der Waals surface area contributed by atoms with E-state index < -0.39 is 5.97 Å². The second-order valence-corrected chi connectivity index (χ2v) is 5.16. The van der Waals surface area contributed by atoms with E-state index in [2.05, 4.69) is 15.3 Å². The first-order valence-electron chi connectivity index (χ1n) is 6.67. The van der Waals surface area contributed by atoms with E-state index in [1.807, 2.05) is 24.3 Å². The first kappa shape index (κ1) is 14.2. The van der Waals surface area contributed by atoms with Gasteiger partial charge in [0.15, 0.2) is 4.77 Å². The quantitative estimate of drug-likeness (QED) is 0.723. The molecule has 0 radical (unpaired) electrons. The van der Waals surface area contributed by atoms with Gasteiger partial charge in [-0.1, -0.05) is 36.4 Å². The van der Waals surface area contributed by atoms with E-state index in [1.165, 1.54) is 12.1 Å². The summed E-state index contributed by atoms with van der Waals surface area (Å²) < 4.78 is 0.411. The van der Waals surface area contributed by atoms with Crippen LogP contribution in [-0.2, 0) is 6.54 Å². The van der Waals surface area contributed by atoms with Crippen LogP contribution < -0.4 is 10.4 Å². The maximum absolute atomic E-state index is 10.7. The van der Waals surface area contributed by atoms with Gasteiger partial charge < -0.3 is 20.2 Å². The highest BCUT2D eigenvalue weighted by atomic mass is 32.1. The topological polar surface area (TPSA) is 80.8 Å². The van der Waals surface area contributed by atoms with Crippen molar-refractivity contribution in [3.8, 4) is 0 Å². The van der Waals surface area contributed by atoms with Gasteiger partial charge in [-0.2, -0.15) is 0 Å². The smallest absolute Gasteiger partial charge is 0.199 e. The Morgan fingerprint density at radius 1 is 1.18 bits per heavy atom. The third-order valence-corrected chi connectivity index (χ3v) is 3.48. The number of hydrogen-bond donors (Lipinski definition) is 2. The zero-order chi connectivity index (χ0) is 15.5. The normalized spacial score (nSPS) is 10.5. The molecule has 0 saturated heterocycles. The molecule has 2 N–H and O–H groups in total. The number of rotatable bonds is 4. The molecular formula is C16H12N3O2S-. The summed E-state index contributed by atoms with van der Waals surface area (Å²) in [5.41, 5.74) is 2.02. The fraction of sp³-hybridized carbons (Fsp3) is 0.0625. The molecule has 5 nitrogen and oxygen atoms in total. The molecule has 22 heavy (non-hydrogen) atoms. The van der Waals surface area contributed by atoms with Gasteiger partial charge in [-0.3, -0.25) is 0 Å². The summed E-state index contributed by atoms with van der Waals surface area (Å²) in [5.74, 6) is -0.482. The lowest BCUT2D eigenvalue weighted by Crippen LogP contribution is -2.22. The van der Waals surface area contributed by atoms with Crippen molar-refractivity contribution in [1.29, 1.82) is 0 Å². The van der Waals surface area contributed by atoms with E-state index >= 15 is 0 Å². The van der Waals surface area contributed by atoms with Gasteiger partial charge in [-0.05, 0) is 35.5 Å². The Kier molecular flexibility index (Phi) is 3.84. The Balaban J connectivity index is 1.84. The molecule has 3 aromatic rings. The monoisotopic (exact) mass is 310 g/mol. The standard InChI is InChI=1S/C16H13N3O2S/c20-15(21)11-7-5-10(6-8-11)9-17-14-12-3-1-2-4-13(12)18-16(22)19-14/h1-8H,9H2,(H,20,21)(H2,17,18,19,22)/p-1. The summed E-state index contributed by atoms with van der Waals surface area (Å²) >= 11 is 5.12. The van der Waals surface area contributed by atoms with E-state index in [9.17, 15) is 9.90 Å². The molecule has 0 aliphatic carbocycles. The number of benzene rings is 2. The molecule has 0 saturated carbocycles. The minimum Gasteiger partial charge on any atom is -0.545 e. The molecule has 1 heterocycles. The van der Waals surface area contributed by atoms with Gasteiger partial charge >= 0.3 is 0 Å². The first-order valence-corrected chi connectivity index (χ1v) is 7.07. The number of H-pyrrole nitrogens is 1. The number of anilines is 1. The summed E-state index contributed by atoms with van der Waals surface area (Å²) in [6.45, 7) is 0.517. The van der Waals surface area contributed by atoms with Crippen LogP contribution in [0, 0.1) is 4.77 Å². The van der Waals surface area contributed by atoms with Gasteiger partial charge in [0.25, 0.3) is 0 Å². The molecular weight excluding hydrogens is 298 g/mol. The minimum atomic E-state index is -1.18. The summed E-state index contributed by atoms with van der Waals surface area (Å²) in [4.78, 5) is 18.1. The Labute approximate surface area is 131 Å². The van der Waals surface area contributed by atoms with Crippen LogP contribution >= 0.6 is 12.2 Å². The van der Waals surface area contributed by atoms with Crippen LogP contribution in [0.25, 0.3) is 10.9 Å². The lowest BCUT2D eigenvalue weighted by Gasteiger charge is -2.09. The van der Waals surface area contributed by atoms with Gasteiger partial charge in [0, 0.05) is 11.9 Å². The van der Waals surface area contributed by atoms with Crippen molar-refractivity contribution in [2.24, 2.45) is 0 Å². The molecule has 0 atom stereocenters. The average Bonchev–Trinajstić information content (AvgIpc) is 2.52. The third-order valence-electron chi connectivity index (χ3n) is 3.29. The Morgan fingerprint density at radius 3 is 2.64 bits per heavy atom. The zero-order valence-corrected chi connectivity index (χ0v) is 12.3. The molecule has 6 heteroatoms. The number of aromatic amines is 1. The molecule has 0 amide bonds. The van der Waals surface area contributed by atoms with Crippen LogP contribution in [-0.4, -0.2) is 15.9 Å². The van der Waals surface area contributed by atoms with E-state index in [1.54, 1.807) is 12.1 Å².